The molecule has 96 valence electrons. The Morgan fingerprint density at radius 3 is 2.45 bits per heavy atom. The SMILES string of the molecule is N#Cc1ccccc1-n1nnc(-c2ccccc2)c1N. The van der Waals surface area contributed by atoms with E-state index in [2.05, 4.69) is 16.4 Å². The van der Waals surface area contributed by atoms with Gasteiger partial charge in [-0.25, -0.2) is 0 Å². The van der Waals surface area contributed by atoms with Gasteiger partial charge in [-0.2, -0.15) is 9.94 Å². The van der Waals surface area contributed by atoms with Crippen LogP contribution in [0.4, 0.5) is 5.82 Å². The van der Waals surface area contributed by atoms with Crippen LogP contribution in [0.1, 0.15) is 5.56 Å². The molecular weight excluding hydrogens is 250 g/mol. The molecule has 0 bridgehead atoms. The van der Waals surface area contributed by atoms with E-state index in [0.29, 0.717) is 22.8 Å². The van der Waals surface area contributed by atoms with Gasteiger partial charge in [-0.15, -0.1) is 5.10 Å². The van der Waals surface area contributed by atoms with E-state index in [9.17, 15) is 0 Å². The van der Waals surface area contributed by atoms with Crippen LogP contribution in [0.2, 0.25) is 0 Å². The van der Waals surface area contributed by atoms with Crippen LogP contribution in [0.5, 0.6) is 0 Å². The zero-order chi connectivity index (χ0) is 13.9. The molecule has 5 nitrogen and oxygen atoms in total. The van der Waals surface area contributed by atoms with Crippen molar-refractivity contribution in [1.29, 1.82) is 5.26 Å². The topological polar surface area (TPSA) is 80.5 Å². The van der Waals surface area contributed by atoms with Gasteiger partial charge in [0.1, 0.15) is 11.8 Å². The van der Waals surface area contributed by atoms with Crippen molar-refractivity contribution in [3.8, 4) is 23.0 Å². The Morgan fingerprint density at radius 1 is 1.00 bits per heavy atom. The third kappa shape index (κ3) is 1.89. The lowest BCUT2D eigenvalue weighted by molar-refractivity contribution is 0.808. The molecule has 0 amide bonds. The second-order valence-electron chi connectivity index (χ2n) is 4.23. The average molecular weight is 261 g/mol. The van der Waals surface area contributed by atoms with Crippen molar-refractivity contribution in [1.82, 2.24) is 15.0 Å². The van der Waals surface area contributed by atoms with Gasteiger partial charge in [-0.3, -0.25) is 0 Å². The van der Waals surface area contributed by atoms with Crippen molar-refractivity contribution in [3.05, 3.63) is 60.2 Å². The highest BCUT2D eigenvalue weighted by molar-refractivity contribution is 5.71. The standard InChI is InChI=1S/C15H11N5/c16-10-12-8-4-5-9-13(12)20-15(17)14(18-19-20)11-6-2-1-3-7-11/h1-9H,17H2. The van der Waals surface area contributed by atoms with Gasteiger partial charge in [-0.05, 0) is 12.1 Å². The molecule has 2 N–H and O–H groups in total. The Morgan fingerprint density at radius 2 is 1.70 bits per heavy atom. The second kappa shape index (κ2) is 4.86. The molecule has 0 aliphatic rings. The molecule has 0 saturated heterocycles. The second-order valence-corrected chi connectivity index (χ2v) is 4.23. The van der Waals surface area contributed by atoms with Gasteiger partial charge >= 0.3 is 0 Å². The summed E-state index contributed by atoms with van der Waals surface area (Å²) in [5.41, 5.74) is 8.75. The number of rotatable bonds is 2. The van der Waals surface area contributed by atoms with Crippen LogP contribution >= 0.6 is 0 Å². The molecule has 5 heteroatoms. The van der Waals surface area contributed by atoms with Gasteiger partial charge in [0, 0.05) is 5.56 Å². The average Bonchev–Trinajstić information content (AvgIpc) is 2.89. The third-order valence-corrected chi connectivity index (χ3v) is 3.00. The maximum Gasteiger partial charge on any atom is 0.155 e. The minimum absolute atomic E-state index is 0.416. The lowest BCUT2D eigenvalue weighted by Crippen LogP contribution is -2.04. The van der Waals surface area contributed by atoms with Crippen LogP contribution < -0.4 is 5.73 Å². The van der Waals surface area contributed by atoms with Gasteiger partial charge in [0.25, 0.3) is 0 Å². The number of nitrogen functional groups attached to an aromatic ring is 1. The summed E-state index contributed by atoms with van der Waals surface area (Å²) in [4.78, 5) is 0. The predicted octanol–water partition coefficient (Wildman–Crippen LogP) is 2.39. The first-order chi connectivity index (χ1) is 9.81. The highest BCUT2D eigenvalue weighted by Gasteiger charge is 2.14. The highest BCUT2D eigenvalue weighted by atomic mass is 15.5. The number of hydrogen-bond acceptors (Lipinski definition) is 4. The fourth-order valence-corrected chi connectivity index (χ4v) is 2.02. The molecule has 0 aliphatic carbocycles. The summed E-state index contributed by atoms with van der Waals surface area (Å²) in [7, 11) is 0. The van der Waals surface area contributed by atoms with E-state index in [0.717, 1.165) is 5.56 Å². The first-order valence-corrected chi connectivity index (χ1v) is 6.07. The van der Waals surface area contributed by atoms with Gasteiger partial charge in [0.15, 0.2) is 5.82 Å². The van der Waals surface area contributed by atoms with Crippen LogP contribution in [-0.4, -0.2) is 15.0 Å². The van der Waals surface area contributed by atoms with Crippen LogP contribution in [0, 0.1) is 11.3 Å². The highest BCUT2D eigenvalue weighted by Crippen LogP contribution is 2.25. The molecule has 0 radical (unpaired) electrons. The lowest BCUT2D eigenvalue weighted by Gasteiger charge is -2.05. The lowest BCUT2D eigenvalue weighted by atomic mass is 10.1. The number of nitrogens with zero attached hydrogens (tertiary/aromatic N) is 4. The van der Waals surface area contributed by atoms with E-state index in [1.165, 1.54) is 4.68 Å². The zero-order valence-corrected chi connectivity index (χ0v) is 10.6. The monoisotopic (exact) mass is 261 g/mol. The molecule has 0 aliphatic heterocycles. The fraction of sp³-hybridized carbons (Fsp3) is 0. The molecule has 3 rings (SSSR count). The molecule has 0 saturated carbocycles. The molecular formula is C15H11N5. The van der Waals surface area contributed by atoms with Crippen molar-refractivity contribution in [2.75, 3.05) is 5.73 Å². The van der Waals surface area contributed by atoms with Crippen molar-refractivity contribution < 1.29 is 0 Å². The molecule has 0 spiro atoms. The summed E-state index contributed by atoms with van der Waals surface area (Å²) in [6.45, 7) is 0. The van der Waals surface area contributed by atoms with Crippen LogP contribution in [0.25, 0.3) is 16.9 Å². The quantitative estimate of drug-likeness (QED) is 0.768. The Labute approximate surface area is 115 Å². The maximum absolute atomic E-state index is 9.14. The summed E-state index contributed by atoms with van der Waals surface area (Å²) in [5, 5.41) is 17.3. The summed E-state index contributed by atoms with van der Waals surface area (Å²) in [6, 6.07) is 18.9. The minimum atomic E-state index is 0.416. The zero-order valence-electron chi connectivity index (χ0n) is 10.6. The van der Waals surface area contributed by atoms with Gasteiger partial charge < -0.3 is 5.73 Å². The van der Waals surface area contributed by atoms with E-state index in [4.69, 9.17) is 11.0 Å². The molecule has 0 fully saturated rings. The first kappa shape index (κ1) is 11.9. The van der Waals surface area contributed by atoms with Crippen LogP contribution in [-0.2, 0) is 0 Å². The number of anilines is 1. The van der Waals surface area contributed by atoms with Crippen molar-refractivity contribution in [2.24, 2.45) is 0 Å². The molecule has 3 aromatic rings. The Balaban J connectivity index is 2.15. The molecule has 2 aromatic carbocycles. The van der Waals surface area contributed by atoms with E-state index < -0.39 is 0 Å². The van der Waals surface area contributed by atoms with E-state index in [-0.39, 0.29) is 0 Å². The smallest absolute Gasteiger partial charge is 0.155 e. The first-order valence-electron chi connectivity index (χ1n) is 6.07. The largest absolute Gasteiger partial charge is 0.382 e. The number of para-hydroxylation sites is 1. The number of aromatic nitrogens is 3. The predicted molar refractivity (Wildman–Crippen MR) is 75.9 cm³/mol. The minimum Gasteiger partial charge on any atom is -0.382 e. The normalized spacial score (nSPS) is 10.2. The molecule has 0 unspecified atom stereocenters. The Hall–Kier alpha value is -3.13. The third-order valence-electron chi connectivity index (χ3n) is 3.00. The Kier molecular flexibility index (Phi) is 2.90. The van der Waals surface area contributed by atoms with Gasteiger partial charge in [0.05, 0.1) is 11.3 Å². The van der Waals surface area contributed by atoms with Gasteiger partial charge in [-0.1, -0.05) is 47.7 Å². The maximum atomic E-state index is 9.14. The Bertz CT molecular complexity index is 784. The van der Waals surface area contributed by atoms with Crippen molar-refractivity contribution >= 4 is 5.82 Å². The number of hydrogen-bond donors (Lipinski definition) is 1. The van der Waals surface area contributed by atoms with Crippen molar-refractivity contribution in [2.45, 2.75) is 0 Å². The van der Waals surface area contributed by atoms with Crippen LogP contribution in [0.3, 0.4) is 0 Å². The number of nitriles is 1. The number of nitrogens with two attached hydrogens (primary N) is 1. The summed E-state index contributed by atoms with van der Waals surface area (Å²) in [5.74, 6) is 0.416. The van der Waals surface area contributed by atoms with E-state index in [1.54, 1.807) is 18.2 Å². The van der Waals surface area contributed by atoms with E-state index in [1.807, 2.05) is 36.4 Å². The fourth-order valence-electron chi connectivity index (χ4n) is 2.02. The van der Waals surface area contributed by atoms with Crippen molar-refractivity contribution in [3.63, 3.8) is 0 Å². The molecule has 1 aromatic heterocycles. The summed E-state index contributed by atoms with van der Waals surface area (Å²) >= 11 is 0. The van der Waals surface area contributed by atoms with Crippen LogP contribution in [0.15, 0.2) is 54.6 Å². The summed E-state index contributed by atoms with van der Waals surface area (Å²) < 4.78 is 1.49. The summed E-state index contributed by atoms with van der Waals surface area (Å²) in [6.07, 6.45) is 0. The van der Waals surface area contributed by atoms with Gasteiger partial charge in [0.2, 0.25) is 0 Å². The number of benzene rings is 2. The van der Waals surface area contributed by atoms with E-state index >= 15 is 0 Å². The molecule has 1 heterocycles. The molecule has 0 atom stereocenters. The molecule has 20 heavy (non-hydrogen) atoms.